The number of aryl methyl sites for hydroxylation is 1. The largest absolute Gasteiger partial charge is 0.322 e. The number of nitrogens with one attached hydrogen (secondary N) is 1. The minimum absolute atomic E-state index is 0.121. The molecular weight excluding hydrogens is 391 g/mol. The maximum Gasteiger partial charge on any atom is 0.264 e. The van der Waals surface area contributed by atoms with Crippen LogP contribution in [0.15, 0.2) is 71.6 Å². The first-order valence-corrected chi connectivity index (χ1v) is 10.6. The highest BCUT2D eigenvalue weighted by Gasteiger charge is 2.31. The molecule has 7 heteroatoms. The van der Waals surface area contributed by atoms with E-state index in [9.17, 15) is 17.6 Å². The number of rotatable bonds is 4. The minimum atomic E-state index is -3.92. The van der Waals surface area contributed by atoms with Gasteiger partial charge in [0.05, 0.1) is 16.1 Å². The van der Waals surface area contributed by atoms with Crippen molar-refractivity contribution in [3.05, 3.63) is 89.2 Å². The molecule has 0 unspecified atom stereocenters. The molecule has 0 atom stereocenters. The summed E-state index contributed by atoms with van der Waals surface area (Å²) in [6.45, 7) is 2.22. The zero-order chi connectivity index (χ0) is 20.6. The molecule has 5 nitrogen and oxygen atoms in total. The van der Waals surface area contributed by atoms with E-state index in [0.717, 1.165) is 23.3 Å². The Morgan fingerprint density at radius 3 is 2.52 bits per heavy atom. The number of anilines is 2. The summed E-state index contributed by atoms with van der Waals surface area (Å²) >= 11 is 0. The van der Waals surface area contributed by atoms with Crippen molar-refractivity contribution >= 4 is 27.3 Å². The van der Waals surface area contributed by atoms with Crippen LogP contribution in [-0.4, -0.2) is 20.9 Å². The lowest BCUT2D eigenvalue weighted by atomic mass is 10.2. The Balaban J connectivity index is 1.66. The number of halogens is 1. The van der Waals surface area contributed by atoms with Crippen molar-refractivity contribution in [1.82, 2.24) is 0 Å². The van der Waals surface area contributed by atoms with Gasteiger partial charge in [-0.1, -0.05) is 35.9 Å². The van der Waals surface area contributed by atoms with Gasteiger partial charge in [-0.15, -0.1) is 0 Å². The number of hydrogen-bond acceptors (Lipinski definition) is 3. The summed E-state index contributed by atoms with van der Waals surface area (Å²) in [5, 5.41) is 2.60. The molecule has 0 fully saturated rings. The van der Waals surface area contributed by atoms with E-state index in [2.05, 4.69) is 5.32 Å². The fraction of sp³-hybridized carbons (Fsp3) is 0.136. The molecule has 4 rings (SSSR count). The van der Waals surface area contributed by atoms with Gasteiger partial charge in [0, 0.05) is 12.2 Å². The van der Waals surface area contributed by atoms with Gasteiger partial charge in [-0.05, 0) is 55.3 Å². The number of carbonyl (C=O) groups excluding carboxylic acids is 1. The zero-order valence-electron chi connectivity index (χ0n) is 15.7. The number of benzene rings is 3. The van der Waals surface area contributed by atoms with E-state index in [-0.39, 0.29) is 10.5 Å². The van der Waals surface area contributed by atoms with E-state index in [0.29, 0.717) is 24.3 Å². The second-order valence-electron chi connectivity index (χ2n) is 6.92. The molecule has 0 aliphatic carbocycles. The molecule has 0 saturated carbocycles. The molecule has 0 bridgehead atoms. The zero-order valence-corrected chi connectivity index (χ0v) is 16.5. The Hall–Kier alpha value is -3.19. The highest BCUT2D eigenvalue weighted by Crippen LogP contribution is 2.33. The lowest BCUT2D eigenvalue weighted by molar-refractivity contribution is 0.102. The summed E-state index contributed by atoms with van der Waals surface area (Å²) in [4.78, 5) is 12.4. The first-order valence-electron chi connectivity index (χ1n) is 9.14. The quantitative estimate of drug-likeness (QED) is 0.703. The molecule has 1 heterocycles. The van der Waals surface area contributed by atoms with Gasteiger partial charge in [0.2, 0.25) is 0 Å². The number of amides is 1. The maximum atomic E-state index is 14.3. The SMILES string of the molecule is Cc1ccc(NC(=O)c2cc(S(=O)(=O)N3CCc4ccccc43)ccc2F)cc1. The van der Waals surface area contributed by atoms with Crippen LogP contribution in [0, 0.1) is 12.7 Å². The number of nitrogens with zero attached hydrogens (tertiary/aromatic N) is 1. The van der Waals surface area contributed by atoms with Crippen LogP contribution in [0.25, 0.3) is 0 Å². The number of para-hydroxylation sites is 1. The number of fused-ring (bicyclic) bond motifs is 1. The summed E-state index contributed by atoms with van der Waals surface area (Å²) in [6, 6.07) is 17.6. The Bertz CT molecular complexity index is 1190. The molecule has 3 aromatic carbocycles. The van der Waals surface area contributed by atoms with Crippen LogP contribution < -0.4 is 9.62 Å². The number of carbonyl (C=O) groups is 1. The summed E-state index contributed by atoms with van der Waals surface area (Å²) in [5.41, 5.74) is 2.76. The molecule has 1 aliphatic heterocycles. The van der Waals surface area contributed by atoms with Gasteiger partial charge in [-0.25, -0.2) is 12.8 Å². The van der Waals surface area contributed by atoms with E-state index in [1.165, 1.54) is 10.4 Å². The summed E-state index contributed by atoms with van der Waals surface area (Å²) in [6.07, 6.45) is 0.608. The second-order valence-corrected chi connectivity index (χ2v) is 8.78. The average molecular weight is 410 g/mol. The van der Waals surface area contributed by atoms with Crippen molar-refractivity contribution < 1.29 is 17.6 Å². The van der Waals surface area contributed by atoms with Gasteiger partial charge in [-0.3, -0.25) is 9.10 Å². The third-order valence-corrected chi connectivity index (χ3v) is 6.73. The van der Waals surface area contributed by atoms with Crippen LogP contribution in [-0.2, 0) is 16.4 Å². The highest BCUT2D eigenvalue weighted by atomic mass is 32.2. The van der Waals surface area contributed by atoms with Crippen molar-refractivity contribution in [3.8, 4) is 0 Å². The lowest BCUT2D eigenvalue weighted by Gasteiger charge is -2.20. The first-order chi connectivity index (χ1) is 13.9. The van der Waals surface area contributed by atoms with Crippen molar-refractivity contribution in [2.24, 2.45) is 0 Å². The van der Waals surface area contributed by atoms with Crippen LogP contribution in [0.5, 0.6) is 0 Å². The summed E-state index contributed by atoms with van der Waals surface area (Å²) < 4.78 is 41.9. The molecule has 29 heavy (non-hydrogen) atoms. The third kappa shape index (κ3) is 3.61. The van der Waals surface area contributed by atoms with Gasteiger partial charge in [0.25, 0.3) is 15.9 Å². The summed E-state index contributed by atoms with van der Waals surface area (Å²) in [7, 11) is -3.92. The normalized spacial score (nSPS) is 13.2. The van der Waals surface area contributed by atoms with Crippen molar-refractivity contribution in [1.29, 1.82) is 0 Å². The lowest BCUT2D eigenvalue weighted by Crippen LogP contribution is -2.29. The van der Waals surface area contributed by atoms with Crippen LogP contribution in [0.2, 0.25) is 0 Å². The maximum absolute atomic E-state index is 14.3. The van der Waals surface area contributed by atoms with Gasteiger partial charge in [0.15, 0.2) is 0 Å². The van der Waals surface area contributed by atoms with E-state index in [1.54, 1.807) is 24.3 Å². The fourth-order valence-corrected chi connectivity index (χ4v) is 4.89. The molecule has 3 aromatic rings. The Labute approximate surface area is 168 Å². The molecule has 148 valence electrons. The second kappa shape index (κ2) is 7.33. The minimum Gasteiger partial charge on any atom is -0.322 e. The van der Waals surface area contributed by atoms with E-state index in [4.69, 9.17) is 0 Å². The Kier molecular flexibility index (Phi) is 4.84. The van der Waals surface area contributed by atoms with Gasteiger partial charge in [-0.2, -0.15) is 0 Å². The molecule has 0 radical (unpaired) electrons. The predicted molar refractivity (Wildman–Crippen MR) is 110 cm³/mol. The number of sulfonamides is 1. The molecule has 0 aromatic heterocycles. The van der Waals surface area contributed by atoms with E-state index >= 15 is 0 Å². The third-order valence-electron chi connectivity index (χ3n) is 4.92. The molecule has 1 aliphatic rings. The Morgan fingerprint density at radius 1 is 1.03 bits per heavy atom. The average Bonchev–Trinajstić information content (AvgIpc) is 3.15. The van der Waals surface area contributed by atoms with Crippen molar-refractivity contribution in [2.45, 2.75) is 18.2 Å². The molecule has 0 saturated heterocycles. The molecule has 1 amide bonds. The van der Waals surface area contributed by atoms with Crippen LogP contribution >= 0.6 is 0 Å². The van der Waals surface area contributed by atoms with Crippen molar-refractivity contribution in [2.75, 3.05) is 16.2 Å². The van der Waals surface area contributed by atoms with E-state index in [1.807, 2.05) is 31.2 Å². The highest BCUT2D eigenvalue weighted by molar-refractivity contribution is 7.92. The monoisotopic (exact) mass is 410 g/mol. The van der Waals surface area contributed by atoms with Crippen LogP contribution in [0.1, 0.15) is 21.5 Å². The van der Waals surface area contributed by atoms with Crippen molar-refractivity contribution in [3.63, 3.8) is 0 Å². The molecular formula is C22H19FN2O3S. The topological polar surface area (TPSA) is 66.5 Å². The predicted octanol–water partition coefficient (Wildman–Crippen LogP) is 4.14. The fourth-order valence-electron chi connectivity index (χ4n) is 3.36. The van der Waals surface area contributed by atoms with Gasteiger partial charge in [0.1, 0.15) is 5.82 Å². The molecule has 1 N–H and O–H groups in total. The number of hydrogen-bond donors (Lipinski definition) is 1. The van der Waals surface area contributed by atoms with E-state index < -0.39 is 21.7 Å². The smallest absolute Gasteiger partial charge is 0.264 e. The summed E-state index contributed by atoms with van der Waals surface area (Å²) in [5.74, 6) is -1.49. The van der Waals surface area contributed by atoms with Crippen LogP contribution in [0.3, 0.4) is 0 Å². The van der Waals surface area contributed by atoms with Gasteiger partial charge < -0.3 is 5.32 Å². The Morgan fingerprint density at radius 2 is 1.76 bits per heavy atom. The van der Waals surface area contributed by atoms with Gasteiger partial charge >= 0.3 is 0 Å². The molecule has 0 spiro atoms. The van der Waals surface area contributed by atoms with Crippen LogP contribution in [0.4, 0.5) is 15.8 Å². The first kappa shape index (κ1) is 19.1. The standard InChI is InChI=1S/C22H19FN2O3S/c1-15-6-8-17(9-7-15)24-22(26)19-14-18(10-11-20(19)23)29(27,28)25-13-12-16-4-2-3-5-21(16)25/h2-11,14H,12-13H2,1H3,(H,24,26).